The number of aliphatic hydroxyl groups is 3. The first-order chi connectivity index (χ1) is 19.7. The van der Waals surface area contributed by atoms with Gasteiger partial charge in [-0.15, -0.1) is 0 Å². The number of nitrogens with two attached hydrogens (primary N) is 1. The van der Waals surface area contributed by atoms with Crippen LogP contribution in [0, 0.1) is 11.8 Å². The number of fused-ring (bicyclic) bond motifs is 3. The molecule has 1 saturated carbocycles. The van der Waals surface area contributed by atoms with E-state index in [1.807, 2.05) is 0 Å². The van der Waals surface area contributed by atoms with Gasteiger partial charge in [0.25, 0.3) is 5.91 Å². The zero-order chi connectivity index (χ0) is 30.8. The van der Waals surface area contributed by atoms with E-state index in [9.17, 15) is 39.6 Å². The standard InChI is InChI=1S/C29H37N5O8/c1-33(2)17-10-13(11-32-28(41)16-6-5-7-31-16)22(35)19-14(17)8-12-9-15-21(34(3)4)24(37)20(27(30)40)26(39)29(15,42)25(38)18(12)23(19)36/h10,12,15-16,21,31,35-36,39,42H,5-9,11H2,1-4H3,(H2,30,40)(H,32,41)/t12-,15-,16?,21-,29-/m1/s1. The lowest BCUT2D eigenvalue weighted by atomic mass is 9.57. The number of hydrogen-bond donors (Lipinski definition) is 7. The molecule has 5 rings (SSSR count). The summed E-state index contributed by atoms with van der Waals surface area (Å²) in [5, 5.41) is 51.7. The highest BCUT2D eigenvalue weighted by Gasteiger charge is 2.64. The Morgan fingerprint density at radius 2 is 1.86 bits per heavy atom. The lowest BCUT2D eigenvalue weighted by molar-refractivity contribution is -0.153. The van der Waals surface area contributed by atoms with Crippen LogP contribution in [0.15, 0.2) is 23.0 Å². The highest BCUT2D eigenvalue weighted by molar-refractivity contribution is 6.24. The summed E-state index contributed by atoms with van der Waals surface area (Å²) in [6.07, 6.45) is 1.76. The molecule has 0 radical (unpaired) electrons. The van der Waals surface area contributed by atoms with Gasteiger partial charge in [0.1, 0.15) is 22.8 Å². The summed E-state index contributed by atoms with van der Waals surface area (Å²) in [5.41, 5.74) is 3.09. The second-order valence-electron chi connectivity index (χ2n) is 12.0. The van der Waals surface area contributed by atoms with Crippen LogP contribution in [0.3, 0.4) is 0 Å². The van der Waals surface area contributed by atoms with Crippen LogP contribution in [0.4, 0.5) is 5.69 Å². The lowest BCUT2D eigenvalue weighted by Gasteiger charge is -2.50. The first kappa shape index (κ1) is 29.5. The van der Waals surface area contributed by atoms with E-state index in [-0.39, 0.29) is 48.2 Å². The van der Waals surface area contributed by atoms with Gasteiger partial charge in [0, 0.05) is 43.4 Å². The summed E-state index contributed by atoms with van der Waals surface area (Å²) < 4.78 is 0. The Balaban J connectivity index is 1.63. The van der Waals surface area contributed by atoms with Crippen LogP contribution in [0.25, 0.3) is 5.76 Å². The molecule has 226 valence electrons. The number of nitrogens with zero attached hydrogens (tertiary/aromatic N) is 2. The van der Waals surface area contributed by atoms with Crippen molar-refractivity contribution in [1.29, 1.82) is 0 Å². The highest BCUT2D eigenvalue weighted by atomic mass is 16.3. The summed E-state index contributed by atoms with van der Waals surface area (Å²) in [5.74, 6) is -7.23. The maximum Gasteiger partial charge on any atom is 0.255 e. The van der Waals surface area contributed by atoms with Gasteiger partial charge >= 0.3 is 0 Å². The number of amides is 2. The average molecular weight is 584 g/mol. The molecular formula is C29H37N5O8. The molecule has 1 aromatic carbocycles. The zero-order valence-corrected chi connectivity index (χ0v) is 24.0. The number of primary amides is 1. The molecule has 13 nitrogen and oxygen atoms in total. The summed E-state index contributed by atoms with van der Waals surface area (Å²) >= 11 is 0. The molecule has 0 bridgehead atoms. The van der Waals surface area contributed by atoms with Gasteiger partial charge in [-0.1, -0.05) is 0 Å². The van der Waals surface area contributed by atoms with Gasteiger partial charge in [0.15, 0.2) is 11.4 Å². The summed E-state index contributed by atoms with van der Waals surface area (Å²) in [6, 6.07) is 0.239. The van der Waals surface area contributed by atoms with Crippen molar-refractivity contribution >= 4 is 34.8 Å². The van der Waals surface area contributed by atoms with Crippen molar-refractivity contribution in [2.75, 3.05) is 39.6 Å². The van der Waals surface area contributed by atoms with E-state index in [0.717, 1.165) is 13.0 Å². The molecule has 1 heterocycles. The Hall–Kier alpha value is -3.94. The van der Waals surface area contributed by atoms with Crippen LogP contribution in [-0.2, 0) is 32.1 Å². The smallest absolute Gasteiger partial charge is 0.255 e. The predicted octanol–water partition coefficient (Wildman–Crippen LogP) is -0.602. The third kappa shape index (κ3) is 4.26. The van der Waals surface area contributed by atoms with Crippen molar-refractivity contribution in [3.8, 4) is 5.75 Å². The molecule has 3 aliphatic carbocycles. The van der Waals surface area contributed by atoms with Crippen LogP contribution < -0.4 is 21.3 Å². The van der Waals surface area contributed by atoms with Crippen molar-refractivity contribution in [2.24, 2.45) is 17.6 Å². The number of carbonyl (C=O) groups is 4. The van der Waals surface area contributed by atoms with Gasteiger partial charge in [0.2, 0.25) is 11.7 Å². The number of hydrogen-bond acceptors (Lipinski definition) is 11. The van der Waals surface area contributed by atoms with Gasteiger partial charge < -0.3 is 41.7 Å². The molecule has 8 N–H and O–H groups in total. The number of rotatable bonds is 6. The number of likely N-dealkylation sites (N-methyl/N-ethyl adjacent to an activating group) is 1. The van der Waals surface area contributed by atoms with Crippen LogP contribution >= 0.6 is 0 Å². The Morgan fingerprint density at radius 3 is 2.43 bits per heavy atom. The second kappa shape index (κ2) is 10.4. The number of nitrogens with one attached hydrogen (secondary N) is 2. The molecule has 4 aliphatic rings. The molecular weight excluding hydrogens is 546 g/mol. The molecule has 2 fully saturated rings. The van der Waals surface area contributed by atoms with Crippen molar-refractivity contribution in [1.82, 2.24) is 15.5 Å². The van der Waals surface area contributed by atoms with Gasteiger partial charge in [-0.3, -0.25) is 24.1 Å². The SMILES string of the molecule is CN(C)c1cc(CNC(=O)C2CCCN2)c(O)c2c1C[C@@H]1C[C@@H]3[C@@H](N(C)C)C(=O)C(C(N)=O)=C(O)[C@]3(O)C(=O)C1=C2O. The number of benzene rings is 1. The predicted molar refractivity (Wildman–Crippen MR) is 151 cm³/mol. The number of ketones is 2. The van der Waals surface area contributed by atoms with Crippen molar-refractivity contribution in [3.63, 3.8) is 0 Å². The molecule has 42 heavy (non-hydrogen) atoms. The van der Waals surface area contributed by atoms with E-state index >= 15 is 0 Å². The van der Waals surface area contributed by atoms with Crippen molar-refractivity contribution < 1.29 is 39.6 Å². The van der Waals surface area contributed by atoms with Crippen molar-refractivity contribution in [3.05, 3.63) is 39.7 Å². The minimum atomic E-state index is -2.70. The number of phenolic OH excluding ortho intramolecular Hbond substituents is 1. The molecule has 13 heteroatoms. The maximum atomic E-state index is 14.1. The average Bonchev–Trinajstić information content (AvgIpc) is 3.45. The van der Waals surface area contributed by atoms with Crippen LogP contribution in [0.5, 0.6) is 5.75 Å². The number of phenols is 1. The number of anilines is 1. The Morgan fingerprint density at radius 1 is 1.17 bits per heavy atom. The monoisotopic (exact) mass is 583 g/mol. The minimum absolute atomic E-state index is 0.00555. The Labute approximate surface area is 242 Å². The van der Waals surface area contributed by atoms with Gasteiger partial charge in [-0.05, 0) is 63.9 Å². The fourth-order valence-electron chi connectivity index (χ4n) is 7.09. The first-order valence-electron chi connectivity index (χ1n) is 13.9. The third-order valence-electron chi connectivity index (χ3n) is 9.09. The largest absolute Gasteiger partial charge is 0.508 e. The normalized spacial score (nSPS) is 28.9. The number of aromatic hydroxyl groups is 1. The second-order valence-corrected chi connectivity index (χ2v) is 12.0. The first-order valence-corrected chi connectivity index (χ1v) is 13.9. The van der Waals surface area contributed by atoms with E-state index in [1.165, 1.54) is 4.90 Å². The molecule has 1 saturated heterocycles. The fourth-order valence-corrected chi connectivity index (χ4v) is 7.09. The summed E-state index contributed by atoms with van der Waals surface area (Å²) in [6.45, 7) is 0.701. The van der Waals surface area contributed by atoms with Gasteiger partial charge in [-0.2, -0.15) is 0 Å². The molecule has 1 unspecified atom stereocenters. The molecule has 1 aromatic rings. The lowest BCUT2D eigenvalue weighted by Crippen LogP contribution is -2.65. The van der Waals surface area contributed by atoms with E-state index in [0.29, 0.717) is 23.2 Å². The van der Waals surface area contributed by atoms with Gasteiger partial charge in [-0.25, -0.2) is 0 Å². The van der Waals surface area contributed by atoms with Crippen molar-refractivity contribution in [2.45, 2.75) is 49.9 Å². The molecule has 0 spiro atoms. The maximum absolute atomic E-state index is 14.1. The zero-order valence-electron chi connectivity index (χ0n) is 24.0. The van der Waals surface area contributed by atoms with E-state index in [4.69, 9.17) is 5.73 Å². The molecule has 1 aliphatic heterocycles. The van der Waals surface area contributed by atoms with Crippen LogP contribution in [-0.4, -0.2) is 101 Å². The summed E-state index contributed by atoms with van der Waals surface area (Å²) in [4.78, 5) is 55.4. The molecule has 5 atom stereocenters. The quantitative estimate of drug-likeness (QED) is 0.211. The number of Topliss-reactive ketones (excluding diaryl/α,β-unsaturated/α-hetero) is 2. The minimum Gasteiger partial charge on any atom is -0.508 e. The third-order valence-corrected chi connectivity index (χ3v) is 9.09. The number of aliphatic hydroxyl groups excluding tert-OH is 2. The van der Waals surface area contributed by atoms with E-state index in [2.05, 4.69) is 10.6 Å². The molecule has 0 aromatic heterocycles. The van der Waals surface area contributed by atoms with Crippen LogP contribution in [0.1, 0.15) is 36.0 Å². The Bertz CT molecular complexity index is 1460. The topological polar surface area (TPSA) is 206 Å². The molecule has 2 amide bonds. The fraction of sp³-hybridized carbons (Fsp3) is 0.517. The Kier molecular flexibility index (Phi) is 7.32. The van der Waals surface area contributed by atoms with E-state index < -0.39 is 58.0 Å². The summed E-state index contributed by atoms with van der Waals surface area (Å²) in [7, 11) is 6.68. The van der Waals surface area contributed by atoms with E-state index in [1.54, 1.807) is 39.2 Å². The van der Waals surface area contributed by atoms with Crippen LogP contribution in [0.2, 0.25) is 0 Å². The highest BCUT2D eigenvalue weighted by Crippen LogP contribution is 2.54. The van der Waals surface area contributed by atoms with Gasteiger partial charge in [0.05, 0.1) is 17.6 Å². The number of carbonyl (C=O) groups excluding carboxylic acids is 4.